The Labute approximate surface area is 139 Å². The van der Waals surface area contributed by atoms with Gasteiger partial charge in [-0.05, 0) is 32.9 Å². The molecule has 1 N–H and O–H groups in total. The molecule has 1 aromatic rings. The van der Waals surface area contributed by atoms with Gasteiger partial charge < -0.3 is 19.3 Å². The third-order valence-electron chi connectivity index (χ3n) is 3.85. The Kier molecular flexibility index (Phi) is 9.64. The van der Waals surface area contributed by atoms with Crippen LogP contribution in [0.2, 0.25) is 0 Å². The van der Waals surface area contributed by atoms with Gasteiger partial charge in [0.05, 0.1) is 6.20 Å². The van der Waals surface area contributed by atoms with E-state index in [0.29, 0.717) is 13.2 Å². The van der Waals surface area contributed by atoms with Crippen molar-refractivity contribution in [1.82, 2.24) is 9.47 Å². The number of pyridine rings is 1. The smallest absolute Gasteiger partial charge is 0.223 e. The van der Waals surface area contributed by atoms with Crippen molar-refractivity contribution in [3.8, 4) is 5.75 Å². The highest BCUT2D eigenvalue weighted by molar-refractivity contribution is 5.20. The van der Waals surface area contributed by atoms with Crippen LogP contribution in [0.1, 0.15) is 51.6 Å². The van der Waals surface area contributed by atoms with Crippen molar-refractivity contribution in [3.63, 3.8) is 0 Å². The van der Waals surface area contributed by atoms with Gasteiger partial charge in [-0.1, -0.05) is 26.7 Å². The lowest BCUT2D eigenvalue weighted by atomic mass is 10.2. The van der Waals surface area contributed by atoms with Crippen LogP contribution in [0, 0.1) is 0 Å². The molecule has 1 heterocycles. The van der Waals surface area contributed by atoms with Crippen LogP contribution in [-0.2, 0) is 17.8 Å². The summed E-state index contributed by atoms with van der Waals surface area (Å²) in [5.41, 5.74) is 0.638. The minimum Gasteiger partial charge on any atom is -0.503 e. The van der Waals surface area contributed by atoms with Crippen molar-refractivity contribution in [2.45, 2.75) is 59.0 Å². The molecular weight excluding hydrogens is 292 g/mol. The average Bonchev–Trinajstić information content (AvgIpc) is 2.53. The van der Waals surface area contributed by atoms with Crippen LogP contribution in [0.4, 0.5) is 0 Å². The summed E-state index contributed by atoms with van der Waals surface area (Å²) in [7, 11) is 2.06. The van der Waals surface area contributed by atoms with Crippen LogP contribution in [-0.4, -0.2) is 41.4 Å². The second-order valence-electron chi connectivity index (χ2n) is 6.12. The summed E-state index contributed by atoms with van der Waals surface area (Å²) >= 11 is 0. The first-order chi connectivity index (χ1) is 11.1. The highest BCUT2D eigenvalue weighted by atomic mass is 16.5. The first-order valence-electron chi connectivity index (χ1n) is 8.77. The molecule has 1 aromatic heterocycles. The van der Waals surface area contributed by atoms with E-state index < -0.39 is 0 Å². The highest BCUT2D eigenvalue weighted by Gasteiger charge is 2.08. The molecule has 0 amide bonds. The maximum Gasteiger partial charge on any atom is 0.223 e. The number of aromatic hydroxyl groups is 1. The Hall–Kier alpha value is -1.33. The van der Waals surface area contributed by atoms with Crippen molar-refractivity contribution >= 4 is 0 Å². The number of hydrogen-bond acceptors (Lipinski definition) is 4. The minimum absolute atomic E-state index is 0.183. The van der Waals surface area contributed by atoms with Gasteiger partial charge in [0.15, 0.2) is 5.75 Å². The van der Waals surface area contributed by atoms with Gasteiger partial charge in [-0.25, -0.2) is 0 Å². The Morgan fingerprint density at radius 1 is 1.17 bits per heavy atom. The van der Waals surface area contributed by atoms with Crippen LogP contribution >= 0.6 is 0 Å². The van der Waals surface area contributed by atoms with E-state index in [2.05, 4.69) is 25.8 Å². The van der Waals surface area contributed by atoms with Gasteiger partial charge in [-0.15, -0.1) is 0 Å². The summed E-state index contributed by atoms with van der Waals surface area (Å²) in [5.74, 6) is -0.183. The number of ether oxygens (including phenoxy) is 1. The fourth-order valence-electron chi connectivity index (χ4n) is 2.42. The summed E-state index contributed by atoms with van der Waals surface area (Å²) < 4.78 is 7.55. The van der Waals surface area contributed by atoms with Gasteiger partial charge in [0, 0.05) is 38.1 Å². The minimum atomic E-state index is -0.306. The van der Waals surface area contributed by atoms with Crippen LogP contribution in [0.3, 0.4) is 0 Å². The molecule has 0 fully saturated rings. The molecule has 132 valence electrons. The zero-order chi connectivity index (χ0) is 17.1. The Bertz CT molecular complexity index is 500. The number of hydrogen-bond donors (Lipinski definition) is 1. The van der Waals surface area contributed by atoms with Crippen LogP contribution in [0.25, 0.3) is 0 Å². The van der Waals surface area contributed by atoms with E-state index >= 15 is 0 Å². The SMILES string of the molecule is CCCCOCCCn1cc(O)c(=O)cc1CN(C)CCCC. The number of aromatic nitrogens is 1. The number of aryl methyl sites for hydroxylation is 1. The Balaban J connectivity index is 2.61. The highest BCUT2D eigenvalue weighted by Crippen LogP contribution is 2.09. The third kappa shape index (κ3) is 7.66. The molecule has 0 bridgehead atoms. The average molecular weight is 324 g/mol. The number of rotatable bonds is 12. The summed E-state index contributed by atoms with van der Waals surface area (Å²) in [6.07, 6.45) is 6.95. The number of unbranched alkanes of at least 4 members (excludes halogenated alkanes) is 2. The lowest BCUT2D eigenvalue weighted by molar-refractivity contribution is 0.125. The van der Waals surface area contributed by atoms with E-state index in [1.165, 1.54) is 0 Å². The van der Waals surface area contributed by atoms with Crippen LogP contribution in [0.15, 0.2) is 17.1 Å². The predicted octanol–water partition coefficient (Wildman–Crippen LogP) is 2.99. The quantitative estimate of drug-likeness (QED) is 0.601. The van der Waals surface area contributed by atoms with E-state index in [-0.39, 0.29) is 11.2 Å². The van der Waals surface area contributed by atoms with Crippen LogP contribution < -0.4 is 5.43 Å². The first-order valence-corrected chi connectivity index (χ1v) is 8.77. The molecule has 0 spiro atoms. The van der Waals surface area contributed by atoms with Gasteiger partial charge in [-0.2, -0.15) is 0 Å². The number of nitrogens with zero attached hydrogens (tertiary/aromatic N) is 2. The van der Waals surface area contributed by atoms with Crippen molar-refractivity contribution in [3.05, 3.63) is 28.2 Å². The van der Waals surface area contributed by atoms with Crippen molar-refractivity contribution in [1.29, 1.82) is 0 Å². The monoisotopic (exact) mass is 324 g/mol. The zero-order valence-corrected chi connectivity index (χ0v) is 14.9. The maximum absolute atomic E-state index is 11.7. The van der Waals surface area contributed by atoms with E-state index in [0.717, 1.165) is 57.5 Å². The summed E-state index contributed by atoms with van der Waals surface area (Å²) in [4.78, 5) is 13.9. The summed E-state index contributed by atoms with van der Waals surface area (Å²) in [5, 5.41) is 9.69. The van der Waals surface area contributed by atoms with Gasteiger partial charge in [0.1, 0.15) is 0 Å². The standard InChI is InChI=1S/C18H32N2O3/c1-4-6-9-19(3)14-16-13-17(21)18(22)15-20(16)10-8-12-23-11-7-5-2/h13,15,22H,4-12,14H2,1-3H3. The lowest BCUT2D eigenvalue weighted by Gasteiger charge is -2.20. The fraction of sp³-hybridized carbons (Fsp3) is 0.722. The normalized spacial score (nSPS) is 11.3. The van der Waals surface area contributed by atoms with Gasteiger partial charge in [0.2, 0.25) is 5.43 Å². The topological polar surface area (TPSA) is 54.7 Å². The lowest BCUT2D eigenvalue weighted by Crippen LogP contribution is -2.23. The molecule has 0 aliphatic rings. The summed E-state index contributed by atoms with van der Waals surface area (Å²) in [6.45, 7) is 8.29. The Morgan fingerprint density at radius 3 is 2.57 bits per heavy atom. The van der Waals surface area contributed by atoms with E-state index in [4.69, 9.17) is 4.74 Å². The van der Waals surface area contributed by atoms with Gasteiger partial charge in [0.25, 0.3) is 0 Å². The zero-order valence-electron chi connectivity index (χ0n) is 14.9. The Morgan fingerprint density at radius 2 is 1.87 bits per heavy atom. The molecule has 0 aliphatic carbocycles. The predicted molar refractivity (Wildman–Crippen MR) is 94.0 cm³/mol. The van der Waals surface area contributed by atoms with Gasteiger partial charge >= 0.3 is 0 Å². The van der Waals surface area contributed by atoms with E-state index in [1.54, 1.807) is 12.3 Å². The molecule has 5 nitrogen and oxygen atoms in total. The largest absolute Gasteiger partial charge is 0.503 e. The molecule has 0 atom stereocenters. The molecular formula is C18H32N2O3. The molecule has 0 unspecified atom stereocenters. The summed E-state index contributed by atoms with van der Waals surface area (Å²) in [6, 6.07) is 1.55. The molecule has 23 heavy (non-hydrogen) atoms. The maximum atomic E-state index is 11.7. The van der Waals surface area contributed by atoms with E-state index in [1.807, 2.05) is 4.57 Å². The molecule has 0 saturated carbocycles. The molecule has 0 radical (unpaired) electrons. The molecule has 0 saturated heterocycles. The fourth-order valence-corrected chi connectivity index (χ4v) is 2.42. The molecule has 0 aliphatic heterocycles. The molecule has 5 heteroatoms. The van der Waals surface area contributed by atoms with Gasteiger partial charge in [-0.3, -0.25) is 4.79 Å². The third-order valence-corrected chi connectivity index (χ3v) is 3.85. The van der Waals surface area contributed by atoms with Crippen molar-refractivity contribution in [2.75, 3.05) is 26.8 Å². The van der Waals surface area contributed by atoms with E-state index in [9.17, 15) is 9.90 Å². The van der Waals surface area contributed by atoms with Crippen LogP contribution in [0.5, 0.6) is 5.75 Å². The van der Waals surface area contributed by atoms with Crippen molar-refractivity contribution in [2.24, 2.45) is 0 Å². The second-order valence-corrected chi connectivity index (χ2v) is 6.12. The first kappa shape index (κ1) is 19.7. The second kappa shape index (κ2) is 11.2. The van der Waals surface area contributed by atoms with Crippen molar-refractivity contribution < 1.29 is 9.84 Å². The molecule has 0 aromatic carbocycles. The molecule has 1 rings (SSSR count).